The Hall–Kier alpha value is -2.76. The van der Waals surface area contributed by atoms with E-state index in [0.717, 1.165) is 11.5 Å². The van der Waals surface area contributed by atoms with Gasteiger partial charge in [-0.05, 0) is 36.4 Å². The Morgan fingerprint density at radius 3 is 1.92 bits per heavy atom. The van der Waals surface area contributed by atoms with E-state index in [1.165, 1.54) is 0 Å². The first-order valence-electron chi connectivity index (χ1n) is 7.52. The highest BCUT2D eigenvalue weighted by Crippen LogP contribution is 2.43. The van der Waals surface area contributed by atoms with Gasteiger partial charge in [-0.2, -0.15) is 5.26 Å². The molecule has 3 aromatic rings. The summed E-state index contributed by atoms with van der Waals surface area (Å²) in [6.07, 6.45) is 1.99. The number of hydrogen-bond acceptors (Lipinski definition) is 4. The van der Waals surface area contributed by atoms with Crippen molar-refractivity contribution in [2.24, 2.45) is 0 Å². The van der Waals surface area contributed by atoms with E-state index >= 15 is 0 Å². The molecule has 0 fully saturated rings. The Morgan fingerprint density at radius 2 is 1.46 bits per heavy atom. The molecule has 1 heterocycles. The predicted octanol–water partition coefficient (Wildman–Crippen LogP) is 5.36. The number of rotatable bonds is 7. The number of nitriles is 1. The van der Waals surface area contributed by atoms with Crippen LogP contribution in [0.4, 0.5) is 0 Å². The summed E-state index contributed by atoms with van der Waals surface area (Å²) in [5, 5.41) is 9.47. The molecule has 0 aliphatic heterocycles. The minimum Gasteiger partial charge on any atom is -0.468 e. The van der Waals surface area contributed by atoms with Crippen molar-refractivity contribution in [1.29, 1.82) is 5.26 Å². The van der Waals surface area contributed by atoms with E-state index in [0.29, 0.717) is 11.9 Å². The molecule has 0 aliphatic carbocycles. The topological polar surface area (TPSA) is 55.4 Å². The summed E-state index contributed by atoms with van der Waals surface area (Å²) in [5.41, 5.74) is 0. The second kappa shape index (κ2) is 8.19. The van der Waals surface area contributed by atoms with Gasteiger partial charge in [0, 0.05) is 0 Å². The zero-order valence-electron chi connectivity index (χ0n) is 12.9. The number of para-hydroxylation sites is 2. The molecule has 0 radical (unpaired) electrons. The van der Waals surface area contributed by atoms with E-state index in [1.54, 1.807) is 18.4 Å². The Kier molecular flexibility index (Phi) is 5.50. The van der Waals surface area contributed by atoms with Crippen molar-refractivity contribution in [3.63, 3.8) is 0 Å². The fraction of sp³-hybridized carbons (Fsp3) is 0.105. The lowest BCUT2D eigenvalue weighted by molar-refractivity contribution is 0.471. The summed E-state index contributed by atoms with van der Waals surface area (Å²) < 4.78 is 17.4. The van der Waals surface area contributed by atoms with Gasteiger partial charge < -0.3 is 13.5 Å². The molecule has 5 heteroatoms. The van der Waals surface area contributed by atoms with Crippen LogP contribution in [0, 0.1) is 11.3 Å². The highest BCUT2D eigenvalue weighted by molar-refractivity contribution is 7.48. The molecule has 0 aliphatic rings. The fourth-order valence-corrected chi connectivity index (χ4v) is 3.58. The van der Waals surface area contributed by atoms with Crippen LogP contribution in [0.3, 0.4) is 0 Å². The van der Waals surface area contributed by atoms with Crippen LogP contribution >= 0.6 is 8.38 Å². The minimum atomic E-state index is -1.35. The molecule has 0 bridgehead atoms. The smallest absolute Gasteiger partial charge is 0.292 e. The first-order valence-corrected chi connectivity index (χ1v) is 8.88. The Bertz CT molecular complexity index is 728. The fourth-order valence-electron chi connectivity index (χ4n) is 2.12. The molecule has 1 atom stereocenters. The quantitative estimate of drug-likeness (QED) is 0.545. The van der Waals surface area contributed by atoms with Crippen LogP contribution in [0.25, 0.3) is 0 Å². The molecule has 0 saturated carbocycles. The summed E-state index contributed by atoms with van der Waals surface area (Å²) in [6, 6.07) is 24.8. The SMILES string of the molecule is N#CC(CP(Oc1ccccc1)Oc1ccccc1)c1ccco1. The lowest BCUT2D eigenvalue weighted by atomic mass is 10.1. The van der Waals surface area contributed by atoms with Gasteiger partial charge in [-0.3, -0.25) is 0 Å². The first kappa shape index (κ1) is 16.1. The zero-order valence-corrected chi connectivity index (χ0v) is 13.8. The summed E-state index contributed by atoms with van der Waals surface area (Å²) in [7, 11) is -1.35. The van der Waals surface area contributed by atoms with Crippen molar-refractivity contribution in [3.8, 4) is 17.6 Å². The first-order chi connectivity index (χ1) is 11.8. The molecule has 120 valence electrons. The number of nitrogens with zero attached hydrogens (tertiary/aromatic N) is 1. The van der Waals surface area contributed by atoms with Crippen LogP contribution in [0.15, 0.2) is 83.5 Å². The minimum absolute atomic E-state index is 0.418. The molecule has 24 heavy (non-hydrogen) atoms. The van der Waals surface area contributed by atoms with Gasteiger partial charge in [0.05, 0.1) is 18.5 Å². The van der Waals surface area contributed by atoms with Gasteiger partial charge in [-0.15, -0.1) is 0 Å². The van der Waals surface area contributed by atoms with Crippen molar-refractivity contribution in [1.82, 2.24) is 0 Å². The Balaban J connectivity index is 1.77. The maximum Gasteiger partial charge on any atom is 0.292 e. The normalized spacial score (nSPS) is 11.7. The van der Waals surface area contributed by atoms with Crippen LogP contribution in [0.1, 0.15) is 11.7 Å². The molecule has 2 aromatic carbocycles. The maximum absolute atomic E-state index is 9.47. The van der Waals surface area contributed by atoms with Gasteiger partial charge in [0.15, 0.2) is 0 Å². The van der Waals surface area contributed by atoms with Crippen LogP contribution in [-0.2, 0) is 0 Å². The predicted molar refractivity (Wildman–Crippen MR) is 93.0 cm³/mol. The molecule has 0 N–H and O–H groups in total. The van der Waals surface area contributed by atoms with Crippen LogP contribution < -0.4 is 9.05 Å². The van der Waals surface area contributed by atoms with E-state index in [2.05, 4.69) is 6.07 Å². The summed E-state index contributed by atoms with van der Waals surface area (Å²) in [6.45, 7) is 0. The van der Waals surface area contributed by atoms with Crippen molar-refractivity contribution in [3.05, 3.63) is 84.8 Å². The van der Waals surface area contributed by atoms with Crippen LogP contribution in [0.5, 0.6) is 11.5 Å². The number of hydrogen-bond donors (Lipinski definition) is 0. The van der Waals surface area contributed by atoms with E-state index in [4.69, 9.17) is 13.5 Å². The Morgan fingerprint density at radius 1 is 0.875 bits per heavy atom. The zero-order chi connectivity index (χ0) is 16.6. The molecular weight excluding hydrogens is 321 g/mol. The van der Waals surface area contributed by atoms with Crippen molar-refractivity contribution >= 4 is 8.38 Å². The average Bonchev–Trinajstić information content (AvgIpc) is 3.16. The standard InChI is InChI=1S/C19H16NO3P/c20-14-16(19-12-7-13-21-19)15-24(22-17-8-3-1-4-9-17)23-18-10-5-2-6-11-18/h1-13,16H,15H2. The van der Waals surface area contributed by atoms with E-state index in [-0.39, 0.29) is 0 Å². The summed E-state index contributed by atoms with van der Waals surface area (Å²) >= 11 is 0. The molecule has 4 nitrogen and oxygen atoms in total. The lowest BCUT2D eigenvalue weighted by Gasteiger charge is -2.20. The third-order valence-electron chi connectivity index (χ3n) is 3.27. The Labute approximate surface area is 142 Å². The largest absolute Gasteiger partial charge is 0.468 e. The second-order valence-electron chi connectivity index (χ2n) is 5.02. The summed E-state index contributed by atoms with van der Waals surface area (Å²) in [5.74, 6) is 1.64. The molecule has 3 rings (SSSR count). The van der Waals surface area contributed by atoms with Gasteiger partial charge in [-0.25, -0.2) is 0 Å². The van der Waals surface area contributed by atoms with E-state index < -0.39 is 14.3 Å². The monoisotopic (exact) mass is 337 g/mol. The van der Waals surface area contributed by atoms with Crippen molar-refractivity contribution < 1.29 is 13.5 Å². The molecule has 1 unspecified atom stereocenters. The van der Waals surface area contributed by atoms with Gasteiger partial charge in [0.2, 0.25) is 0 Å². The van der Waals surface area contributed by atoms with Crippen LogP contribution in [-0.4, -0.2) is 6.16 Å². The van der Waals surface area contributed by atoms with E-state index in [9.17, 15) is 5.26 Å². The highest BCUT2D eigenvalue weighted by atomic mass is 31.2. The highest BCUT2D eigenvalue weighted by Gasteiger charge is 2.24. The second-order valence-corrected chi connectivity index (χ2v) is 6.42. The number of furan rings is 1. The van der Waals surface area contributed by atoms with Crippen LogP contribution in [0.2, 0.25) is 0 Å². The molecular formula is C19H16NO3P. The van der Waals surface area contributed by atoms with Gasteiger partial charge in [0.1, 0.15) is 23.2 Å². The van der Waals surface area contributed by atoms with Gasteiger partial charge in [0.25, 0.3) is 8.38 Å². The molecule has 0 saturated heterocycles. The molecule has 0 amide bonds. The average molecular weight is 337 g/mol. The van der Waals surface area contributed by atoms with Crippen molar-refractivity contribution in [2.75, 3.05) is 6.16 Å². The molecule has 0 spiro atoms. The van der Waals surface area contributed by atoms with Gasteiger partial charge >= 0.3 is 0 Å². The third-order valence-corrected chi connectivity index (χ3v) is 4.77. The number of benzene rings is 2. The van der Waals surface area contributed by atoms with Gasteiger partial charge in [-0.1, -0.05) is 36.4 Å². The lowest BCUT2D eigenvalue weighted by Crippen LogP contribution is -2.07. The third kappa shape index (κ3) is 4.38. The summed E-state index contributed by atoms with van der Waals surface area (Å²) in [4.78, 5) is 0. The maximum atomic E-state index is 9.47. The molecule has 1 aromatic heterocycles. The van der Waals surface area contributed by atoms with Crippen molar-refractivity contribution in [2.45, 2.75) is 5.92 Å². The van der Waals surface area contributed by atoms with E-state index in [1.807, 2.05) is 60.7 Å².